The second kappa shape index (κ2) is 5.83. The maximum absolute atomic E-state index is 4.89. The molecule has 2 rings (SSSR count). The van der Waals surface area contributed by atoms with Gasteiger partial charge in [0.1, 0.15) is 0 Å². The van der Waals surface area contributed by atoms with Crippen molar-refractivity contribution < 1.29 is 0 Å². The average Bonchev–Trinajstić information content (AvgIpc) is 2.47. The SMILES string of the molecule is CCc1ccc(C(C)(S)c2ccc(CC)cc2)cc1. The van der Waals surface area contributed by atoms with Gasteiger partial charge in [0.25, 0.3) is 0 Å². The molecule has 0 nitrogen and oxygen atoms in total. The minimum absolute atomic E-state index is 0.238. The van der Waals surface area contributed by atoms with Crippen LogP contribution in [0.5, 0.6) is 0 Å². The number of thiol groups is 1. The Morgan fingerprint density at radius 1 is 0.737 bits per heavy atom. The van der Waals surface area contributed by atoms with Gasteiger partial charge in [-0.3, -0.25) is 0 Å². The first-order valence-corrected chi connectivity index (χ1v) is 7.43. The van der Waals surface area contributed by atoms with E-state index in [4.69, 9.17) is 12.6 Å². The van der Waals surface area contributed by atoms with E-state index in [1.54, 1.807) is 0 Å². The van der Waals surface area contributed by atoms with Gasteiger partial charge in [-0.25, -0.2) is 0 Å². The Hall–Kier alpha value is -1.21. The Morgan fingerprint density at radius 3 is 1.32 bits per heavy atom. The first-order valence-electron chi connectivity index (χ1n) is 6.99. The molecule has 19 heavy (non-hydrogen) atoms. The van der Waals surface area contributed by atoms with E-state index in [2.05, 4.69) is 69.3 Å². The predicted molar refractivity (Wildman–Crippen MR) is 87.1 cm³/mol. The summed E-state index contributed by atoms with van der Waals surface area (Å²) in [5, 5.41) is 0. The number of hydrogen-bond acceptors (Lipinski definition) is 1. The molecule has 1 heteroatoms. The summed E-state index contributed by atoms with van der Waals surface area (Å²) in [7, 11) is 0. The van der Waals surface area contributed by atoms with Crippen molar-refractivity contribution in [3.63, 3.8) is 0 Å². The van der Waals surface area contributed by atoms with Crippen molar-refractivity contribution in [3.8, 4) is 0 Å². The summed E-state index contributed by atoms with van der Waals surface area (Å²) < 4.78 is -0.238. The van der Waals surface area contributed by atoms with Crippen LogP contribution >= 0.6 is 12.6 Å². The van der Waals surface area contributed by atoms with Gasteiger partial charge in [0, 0.05) is 0 Å². The van der Waals surface area contributed by atoms with Crippen molar-refractivity contribution >= 4 is 12.6 Å². The summed E-state index contributed by atoms with van der Waals surface area (Å²) in [4.78, 5) is 0. The van der Waals surface area contributed by atoms with Crippen LogP contribution in [0.4, 0.5) is 0 Å². The van der Waals surface area contributed by atoms with Crippen LogP contribution in [-0.2, 0) is 17.6 Å². The van der Waals surface area contributed by atoms with Crippen molar-refractivity contribution in [3.05, 3.63) is 70.8 Å². The molecule has 0 amide bonds. The number of aryl methyl sites for hydroxylation is 2. The highest BCUT2D eigenvalue weighted by molar-refractivity contribution is 7.81. The van der Waals surface area contributed by atoms with Gasteiger partial charge >= 0.3 is 0 Å². The molecule has 0 fully saturated rings. The fourth-order valence-electron chi connectivity index (χ4n) is 2.30. The molecule has 0 aliphatic heterocycles. The molecule has 0 heterocycles. The molecule has 0 spiro atoms. The van der Waals surface area contributed by atoms with E-state index in [1.165, 1.54) is 22.3 Å². The maximum atomic E-state index is 4.89. The Bertz CT molecular complexity index is 471. The van der Waals surface area contributed by atoms with Crippen LogP contribution in [0.1, 0.15) is 43.0 Å². The second-order valence-electron chi connectivity index (χ2n) is 5.17. The van der Waals surface area contributed by atoms with Crippen molar-refractivity contribution in [2.75, 3.05) is 0 Å². The first kappa shape index (κ1) is 14.2. The lowest BCUT2D eigenvalue weighted by Crippen LogP contribution is -2.15. The summed E-state index contributed by atoms with van der Waals surface area (Å²) in [5.41, 5.74) is 5.23. The molecule has 100 valence electrons. The van der Waals surface area contributed by atoms with E-state index >= 15 is 0 Å². The minimum atomic E-state index is -0.238. The highest BCUT2D eigenvalue weighted by atomic mass is 32.1. The van der Waals surface area contributed by atoms with Crippen LogP contribution < -0.4 is 0 Å². The normalized spacial score (nSPS) is 11.6. The Kier molecular flexibility index (Phi) is 4.36. The van der Waals surface area contributed by atoms with E-state index in [1.807, 2.05) is 0 Å². The Labute approximate surface area is 122 Å². The largest absolute Gasteiger partial charge is 0.163 e. The third kappa shape index (κ3) is 3.03. The molecule has 0 atom stereocenters. The molecule has 0 saturated carbocycles. The summed E-state index contributed by atoms with van der Waals surface area (Å²) >= 11 is 4.89. The van der Waals surface area contributed by atoms with E-state index in [0.717, 1.165) is 12.8 Å². The van der Waals surface area contributed by atoms with Crippen LogP contribution in [0, 0.1) is 0 Å². The lowest BCUT2D eigenvalue weighted by atomic mass is 9.90. The zero-order valence-corrected chi connectivity index (χ0v) is 12.9. The standard InChI is InChI=1S/C18H22S/c1-4-14-6-10-16(11-7-14)18(3,19)17-12-8-15(5-2)9-13-17/h6-13,19H,4-5H2,1-3H3. The zero-order valence-electron chi connectivity index (χ0n) is 12.0. The Balaban J connectivity index is 2.33. The number of benzene rings is 2. The third-order valence-electron chi connectivity index (χ3n) is 3.85. The van der Waals surface area contributed by atoms with Gasteiger partial charge < -0.3 is 0 Å². The van der Waals surface area contributed by atoms with Gasteiger partial charge in [-0.05, 0) is 42.0 Å². The number of rotatable bonds is 4. The topological polar surface area (TPSA) is 0 Å². The van der Waals surface area contributed by atoms with Gasteiger partial charge in [0.05, 0.1) is 4.75 Å². The van der Waals surface area contributed by atoms with Crippen molar-refractivity contribution in [2.45, 2.75) is 38.4 Å². The van der Waals surface area contributed by atoms with Crippen LogP contribution in [0.25, 0.3) is 0 Å². The Morgan fingerprint density at radius 2 is 1.05 bits per heavy atom. The molecule has 2 aromatic rings. The zero-order chi connectivity index (χ0) is 13.9. The molecule has 0 unspecified atom stereocenters. The molecule has 0 bridgehead atoms. The van der Waals surface area contributed by atoms with E-state index < -0.39 is 0 Å². The van der Waals surface area contributed by atoms with E-state index in [9.17, 15) is 0 Å². The van der Waals surface area contributed by atoms with Crippen LogP contribution in [-0.4, -0.2) is 0 Å². The van der Waals surface area contributed by atoms with Crippen LogP contribution in [0.3, 0.4) is 0 Å². The predicted octanol–water partition coefficient (Wildman–Crippen LogP) is 5.00. The highest BCUT2D eigenvalue weighted by Gasteiger charge is 2.23. The molecular formula is C18H22S. The third-order valence-corrected chi connectivity index (χ3v) is 4.36. The maximum Gasteiger partial charge on any atom is 0.0598 e. The minimum Gasteiger partial charge on any atom is -0.163 e. The van der Waals surface area contributed by atoms with Crippen LogP contribution in [0.15, 0.2) is 48.5 Å². The quantitative estimate of drug-likeness (QED) is 0.742. The van der Waals surface area contributed by atoms with Gasteiger partial charge in [-0.15, -0.1) is 0 Å². The highest BCUT2D eigenvalue weighted by Crippen LogP contribution is 2.35. The van der Waals surface area contributed by atoms with Gasteiger partial charge in [0.2, 0.25) is 0 Å². The fraction of sp³-hybridized carbons (Fsp3) is 0.333. The summed E-state index contributed by atoms with van der Waals surface area (Å²) in [5.74, 6) is 0. The van der Waals surface area contributed by atoms with Gasteiger partial charge in [0.15, 0.2) is 0 Å². The molecule has 0 aliphatic rings. The van der Waals surface area contributed by atoms with Crippen molar-refractivity contribution in [1.29, 1.82) is 0 Å². The summed E-state index contributed by atoms with van der Waals surface area (Å²) in [6.07, 6.45) is 2.16. The van der Waals surface area contributed by atoms with E-state index in [-0.39, 0.29) is 4.75 Å². The summed E-state index contributed by atoms with van der Waals surface area (Å²) in [6.45, 7) is 6.52. The first-order chi connectivity index (χ1) is 9.07. The van der Waals surface area contributed by atoms with Crippen molar-refractivity contribution in [1.82, 2.24) is 0 Å². The lowest BCUT2D eigenvalue weighted by molar-refractivity contribution is 0.845. The lowest BCUT2D eigenvalue weighted by Gasteiger charge is -2.25. The van der Waals surface area contributed by atoms with Crippen molar-refractivity contribution in [2.24, 2.45) is 0 Å². The molecule has 0 aliphatic carbocycles. The molecule has 0 aromatic heterocycles. The summed E-state index contributed by atoms with van der Waals surface area (Å²) in [6, 6.07) is 17.6. The molecular weight excluding hydrogens is 248 g/mol. The second-order valence-corrected chi connectivity index (χ2v) is 6.07. The van der Waals surface area contributed by atoms with Gasteiger partial charge in [-0.1, -0.05) is 62.4 Å². The monoisotopic (exact) mass is 270 g/mol. The average molecular weight is 270 g/mol. The smallest absolute Gasteiger partial charge is 0.0598 e. The van der Waals surface area contributed by atoms with Gasteiger partial charge in [-0.2, -0.15) is 12.6 Å². The molecule has 2 aromatic carbocycles. The molecule has 0 radical (unpaired) electrons. The van der Waals surface area contributed by atoms with E-state index in [0.29, 0.717) is 0 Å². The van der Waals surface area contributed by atoms with Crippen LogP contribution in [0.2, 0.25) is 0 Å². The molecule has 0 N–H and O–H groups in total. The molecule has 0 saturated heterocycles. The fourth-order valence-corrected chi connectivity index (χ4v) is 2.59. The number of hydrogen-bond donors (Lipinski definition) is 1.